The van der Waals surface area contributed by atoms with E-state index in [0.717, 1.165) is 17.9 Å². The Hall–Kier alpha value is -2.24. The predicted molar refractivity (Wildman–Crippen MR) is 86.0 cm³/mol. The number of hydrogen-bond acceptors (Lipinski definition) is 3. The van der Waals surface area contributed by atoms with E-state index >= 15 is 0 Å². The number of fused-ring (bicyclic) bond motifs is 1. The van der Waals surface area contributed by atoms with E-state index in [1.807, 2.05) is 29.2 Å². The van der Waals surface area contributed by atoms with Crippen LogP contribution in [0.25, 0.3) is 0 Å². The molecule has 2 atom stereocenters. The van der Waals surface area contributed by atoms with Crippen LogP contribution >= 0.6 is 0 Å². The molecule has 0 saturated carbocycles. The molecule has 0 N–H and O–H groups in total. The number of urea groups is 1. The highest BCUT2D eigenvalue weighted by Crippen LogP contribution is 2.33. The first kappa shape index (κ1) is 15.6. The van der Waals surface area contributed by atoms with Crippen molar-refractivity contribution in [3.8, 4) is 5.75 Å². The van der Waals surface area contributed by atoms with E-state index in [-0.39, 0.29) is 23.8 Å². The summed E-state index contributed by atoms with van der Waals surface area (Å²) >= 11 is 0. The van der Waals surface area contributed by atoms with Gasteiger partial charge in [-0.3, -0.25) is 4.79 Å². The molecule has 6 nitrogen and oxygen atoms in total. The van der Waals surface area contributed by atoms with Crippen molar-refractivity contribution in [2.75, 3.05) is 40.8 Å². The Kier molecular flexibility index (Phi) is 4.15. The van der Waals surface area contributed by atoms with E-state index in [9.17, 15) is 9.59 Å². The number of methoxy groups -OCH3 is 1. The molecule has 0 aliphatic carbocycles. The average Bonchev–Trinajstić information content (AvgIpc) is 3.08. The van der Waals surface area contributed by atoms with Gasteiger partial charge in [-0.1, -0.05) is 12.1 Å². The summed E-state index contributed by atoms with van der Waals surface area (Å²) < 4.78 is 5.15. The van der Waals surface area contributed by atoms with Gasteiger partial charge in [0.05, 0.1) is 13.0 Å². The number of nitrogens with zero attached hydrogens (tertiary/aromatic N) is 3. The van der Waals surface area contributed by atoms with E-state index < -0.39 is 0 Å². The van der Waals surface area contributed by atoms with Crippen molar-refractivity contribution in [1.29, 1.82) is 0 Å². The average molecular weight is 317 g/mol. The second-order valence-corrected chi connectivity index (χ2v) is 6.52. The molecule has 2 saturated heterocycles. The zero-order valence-corrected chi connectivity index (χ0v) is 13.9. The number of ether oxygens (including phenoxy) is 1. The third-order valence-corrected chi connectivity index (χ3v) is 4.71. The number of carbonyl (C=O) groups excluding carboxylic acids is 2. The van der Waals surface area contributed by atoms with Crippen LogP contribution in [0.2, 0.25) is 0 Å². The first-order chi connectivity index (χ1) is 11.0. The van der Waals surface area contributed by atoms with Crippen molar-refractivity contribution in [3.63, 3.8) is 0 Å². The maximum Gasteiger partial charge on any atom is 0.319 e. The van der Waals surface area contributed by atoms with Gasteiger partial charge in [0.1, 0.15) is 5.75 Å². The number of carbonyl (C=O) groups is 2. The van der Waals surface area contributed by atoms with Gasteiger partial charge in [0.15, 0.2) is 0 Å². The molecule has 2 heterocycles. The Morgan fingerprint density at radius 2 is 1.91 bits per heavy atom. The van der Waals surface area contributed by atoms with Crippen LogP contribution in [-0.4, -0.2) is 67.5 Å². The topological polar surface area (TPSA) is 53.1 Å². The first-order valence-corrected chi connectivity index (χ1v) is 7.87. The molecule has 0 unspecified atom stereocenters. The molecule has 1 aromatic carbocycles. The maximum atomic E-state index is 12.6. The molecule has 2 aliphatic rings. The molecule has 6 heteroatoms. The lowest BCUT2D eigenvalue weighted by atomic mass is 10.0. The van der Waals surface area contributed by atoms with E-state index in [2.05, 4.69) is 0 Å². The Labute approximate surface area is 136 Å². The summed E-state index contributed by atoms with van der Waals surface area (Å²) in [6.07, 6.45) is 0. The van der Waals surface area contributed by atoms with Gasteiger partial charge in [-0.15, -0.1) is 0 Å². The van der Waals surface area contributed by atoms with Crippen LogP contribution in [0, 0.1) is 11.8 Å². The second kappa shape index (κ2) is 6.10. The largest absolute Gasteiger partial charge is 0.497 e. The molecule has 2 aliphatic heterocycles. The zero-order valence-electron chi connectivity index (χ0n) is 13.9. The molecule has 0 bridgehead atoms. The maximum absolute atomic E-state index is 12.6. The summed E-state index contributed by atoms with van der Waals surface area (Å²) in [6.45, 7) is 2.57. The van der Waals surface area contributed by atoms with Crippen LogP contribution in [0.4, 0.5) is 4.79 Å². The standard InChI is InChI=1S/C17H23N3O3/c1-18(2)17(22)20-10-13-9-19(16(21)15(13)11-20)8-12-4-6-14(23-3)7-5-12/h4-7,13,15H,8-11H2,1-3H3/t13-,15+/m0/s1. The first-order valence-electron chi connectivity index (χ1n) is 7.87. The van der Waals surface area contributed by atoms with Crippen molar-refractivity contribution in [1.82, 2.24) is 14.7 Å². The molecular weight excluding hydrogens is 294 g/mol. The van der Waals surface area contributed by atoms with Crippen LogP contribution in [0.5, 0.6) is 5.75 Å². The Bertz CT molecular complexity index is 600. The molecule has 3 amide bonds. The van der Waals surface area contributed by atoms with Crippen LogP contribution in [0.3, 0.4) is 0 Å². The highest BCUT2D eigenvalue weighted by molar-refractivity contribution is 5.84. The van der Waals surface area contributed by atoms with E-state index in [1.54, 1.807) is 31.0 Å². The lowest BCUT2D eigenvalue weighted by Crippen LogP contribution is -2.40. The van der Waals surface area contributed by atoms with E-state index in [4.69, 9.17) is 4.74 Å². The van der Waals surface area contributed by atoms with Crippen molar-refractivity contribution in [3.05, 3.63) is 29.8 Å². The van der Waals surface area contributed by atoms with Crippen LogP contribution < -0.4 is 4.74 Å². The Morgan fingerprint density at radius 1 is 1.22 bits per heavy atom. The summed E-state index contributed by atoms with van der Waals surface area (Å²) in [5, 5.41) is 0. The summed E-state index contributed by atoms with van der Waals surface area (Å²) in [6, 6.07) is 7.79. The van der Waals surface area contributed by atoms with Crippen LogP contribution in [0.1, 0.15) is 5.56 Å². The predicted octanol–water partition coefficient (Wildman–Crippen LogP) is 1.27. The van der Waals surface area contributed by atoms with Gasteiger partial charge >= 0.3 is 6.03 Å². The van der Waals surface area contributed by atoms with Gasteiger partial charge in [0.25, 0.3) is 0 Å². The summed E-state index contributed by atoms with van der Waals surface area (Å²) in [5.41, 5.74) is 1.10. The van der Waals surface area contributed by atoms with Crippen LogP contribution in [0.15, 0.2) is 24.3 Å². The minimum Gasteiger partial charge on any atom is -0.497 e. The zero-order chi connectivity index (χ0) is 16.6. The third-order valence-electron chi connectivity index (χ3n) is 4.71. The molecule has 2 fully saturated rings. The van der Waals surface area contributed by atoms with Gasteiger partial charge in [0, 0.05) is 46.2 Å². The van der Waals surface area contributed by atoms with Crippen molar-refractivity contribution >= 4 is 11.9 Å². The number of benzene rings is 1. The number of amides is 3. The fraction of sp³-hybridized carbons (Fsp3) is 0.529. The fourth-order valence-corrected chi connectivity index (χ4v) is 3.48. The van der Waals surface area contributed by atoms with Gasteiger partial charge < -0.3 is 19.4 Å². The lowest BCUT2D eigenvalue weighted by Gasteiger charge is -2.24. The number of hydrogen-bond donors (Lipinski definition) is 0. The minimum absolute atomic E-state index is 0.00564. The second-order valence-electron chi connectivity index (χ2n) is 6.52. The quantitative estimate of drug-likeness (QED) is 0.843. The highest BCUT2D eigenvalue weighted by Gasteiger charge is 2.47. The summed E-state index contributed by atoms with van der Waals surface area (Å²) in [7, 11) is 5.13. The van der Waals surface area contributed by atoms with Crippen molar-refractivity contribution < 1.29 is 14.3 Å². The molecule has 124 valence electrons. The Balaban J connectivity index is 1.62. The van der Waals surface area contributed by atoms with Gasteiger partial charge in [0.2, 0.25) is 5.91 Å². The monoisotopic (exact) mass is 317 g/mol. The molecule has 0 spiro atoms. The minimum atomic E-state index is -0.0443. The van der Waals surface area contributed by atoms with Gasteiger partial charge in [-0.05, 0) is 17.7 Å². The normalized spacial score (nSPS) is 23.2. The lowest BCUT2D eigenvalue weighted by molar-refractivity contribution is -0.131. The molecule has 1 aromatic rings. The Morgan fingerprint density at radius 3 is 2.48 bits per heavy atom. The number of rotatable bonds is 3. The summed E-state index contributed by atoms with van der Waals surface area (Å²) in [4.78, 5) is 29.9. The van der Waals surface area contributed by atoms with E-state index in [0.29, 0.717) is 19.6 Å². The van der Waals surface area contributed by atoms with Crippen molar-refractivity contribution in [2.45, 2.75) is 6.54 Å². The van der Waals surface area contributed by atoms with Gasteiger partial charge in [-0.2, -0.15) is 0 Å². The van der Waals surface area contributed by atoms with Gasteiger partial charge in [-0.25, -0.2) is 4.79 Å². The molecule has 3 rings (SSSR count). The van der Waals surface area contributed by atoms with E-state index in [1.165, 1.54) is 0 Å². The smallest absolute Gasteiger partial charge is 0.319 e. The van der Waals surface area contributed by atoms with Crippen LogP contribution in [-0.2, 0) is 11.3 Å². The molecule has 0 aromatic heterocycles. The fourth-order valence-electron chi connectivity index (χ4n) is 3.48. The number of likely N-dealkylation sites (tertiary alicyclic amines) is 2. The summed E-state index contributed by atoms with van der Waals surface area (Å²) in [5.74, 6) is 1.19. The van der Waals surface area contributed by atoms with Crippen molar-refractivity contribution in [2.24, 2.45) is 11.8 Å². The molecule has 23 heavy (non-hydrogen) atoms. The third kappa shape index (κ3) is 2.98. The highest BCUT2D eigenvalue weighted by atomic mass is 16.5. The molecular formula is C17H23N3O3. The molecule has 0 radical (unpaired) electrons. The SMILES string of the molecule is COc1ccc(CN2C[C@H]3CN(C(=O)N(C)C)C[C@H]3C2=O)cc1.